The highest BCUT2D eigenvalue weighted by Gasteiger charge is 2.40. The number of hydrogen-bond acceptors (Lipinski definition) is 3. The van der Waals surface area contributed by atoms with Gasteiger partial charge in [0.15, 0.2) is 17.4 Å². The Morgan fingerprint density at radius 2 is 1.94 bits per heavy atom. The zero-order chi connectivity index (χ0) is 13.2. The lowest BCUT2D eigenvalue weighted by molar-refractivity contribution is -0.0663. The second kappa shape index (κ2) is 5.12. The van der Waals surface area contributed by atoms with Gasteiger partial charge in [-0.1, -0.05) is 0 Å². The third-order valence-electron chi connectivity index (χ3n) is 3.29. The van der Waals surface area contributed by atoms with Crippen molar-refractivity contribution in [2.24, 2.45) is 0 Å². The van der Waals surface area contributed by atoms with Crippen LogP contribution in [0.3, 0.4) is 0 Å². The quantitative estimate of drug-likeness (QED) is 0.779. The topological polar surface area (TPSA) is 35.5 Å². The van der Waals surface area contributed by atoms with Crippen LogP contribution < -0.4 is 0 Å². The fourth-order valence-electron chi connectivity index (χ4n) is 2.13. The minimum absolute atomic E-state index is 0.123. The summed E-state index contributed by atoms with van der Waals surface area (Å²) in [5, 5.41) is 0. The van der Waals surface area contributed by atoms with Gasteiger partial charge in [-0.05, 0) is 18.2 Å². The molecular weight excluding hydrogens is 242 g/mol. The summed E-state index contributed by atoms with van der Waals surface area (Å²) in [4.78, 5) is 12.3. The van der Waals surface area contributed by atoms with Crippen molar-refractivity contribution in [1.29, 1.82) is 0 Å². The third kappa shape index (κ3) is 2.28. The lowest BCUT2D eigenvalue weighted by Gasteiger charge is -2.34. The van der Waals surface area contributed by atoms with E-state index in [1.165, 1.54) is 13.2 Å². The summed E-state index contributed by atoms with van der Waals surface area (Å²) in [6, 6.07) is 3.14. The van der Waals surface area contributed by atoms with E-state index in [4.69, 9.17) is 9.47 Å². The first-order valence-corrected chi connectivity index (χ1v) is 5.72. The minimum atomic E-state index is -1.03. The van der Waals surface area contributed by atoms with Gasteiger partial charge in [-0.25, -0.2) is 8.78 Å². The molecule has 0 spiro atoms. The summed E-state index contributed by atoms with van der Waals surface area (Å²) in [5.74, 6) is -2.32. The molecule has 0 saturated carbocycles. The molecule has 0 amide bonds. The zero-order valence-electron chi connectivity index (χ0n) is 10.0. The highest BCUT2D eigenvalue weighted by Crippen LogP contribution is 2.29. The van der Waals surface area contributed by atoms with Crippen LogP contribution in [0.15, 0.2) is 18.2 Å². The van der Waals surface area contributed by atoms with Gasteiger partial charge in [0.2, 0.25) is 0 Å². The fraction of sp³-hybridized carbons (Fsp3) is 0.462. The molecule has 18 heavy (non-hydrogen) atoms. The van der Waals surface area contributed by atoms with Crippen LogP contribution in [0.2, 0.25) is 0 Å². The molecule has 3 nitrogen and oxygen atoms in total. The van der Waals surface area contributed by atoms with Gasteiger partial charge in [-0.2, -0.15) is 0 Å². The molecular formula is C13H14F2O3. The summed E-state index contributed by atoms with van der Waals surface area (Å²) in [7, 11) is 1.45. The van der Waals surface area contributed by atoms with Gasteiger partial charge in [-0.3, -0.25) is 4.79 Å². The molecule has 0 aromatic heterocycles. The van der Waals surface area contributed by atoms with Gasteiger partial charge >= 0.3 is 0 Å². The molecule has 1 saturated heterocycles. The summed E-state index contributed by atoms with van der Waals surface area (Å²) >= 11 is 0. The van der Waals surface area contributed by atoms with E-state index >= 15 is 0 Å². The maximum Gasteiger partial charge on any atom is 0.194 e. The number of hydrogen-bond donors (Lipinski definition) is 0. The number of halogens is 2. The molecule has 1 aliphatic rings. The van der Waals surface area contributed by atoms with Crippen LogP contribution in [-0.2, 0) is 9.47 Å². The number of methoxy groups -OCH3 is 1. The number of carbonyl (C=O) groups excluding carboxylic acids is 1. The van der Waals surface area contributed by atoms with Gasteiger partial charge in [0.25, 0.3) is 0 Å². The van der Waals surface area contributed by atoms with Crippen molar-refractivity contribution in [3.63, 3.8) is 0 Å². The Kier molecular flexibility index (Phi) is 3.73. The average molecular weight is 256 g/mol. The van der Waals surface area contributed by atoms with Crippen LogP contribution in [0.4, 0.5) is 8.78 Å². The third-order valence-corrected chi connectivity index (χ3v) is 3.29. The predicted octanol–water partition coefficient (Wildman–Crippen LogP) is 2.34. The molecule has 1 aromatic carbocycles. The van der Waals surface area contributed by atoms with Crippen molar-refractivity contribution in [3.05, 3.63) is 35.4 Å². The SMILES string of the molecule is COC1(C(=O)c2ccc(F)c(F)c2)CCOCC1. The van der Waals surface area contributed by atoms with Crippen molar-refractivity contribution >= 4 is 5.78 Å². The Morgan fingerprint density at radius 3 is 2.50 bits per heavy atom. The largest absolute Gasteiger partial charge is 0.381 e. The van der Waals surface area contributed by atoms with Crippen LogP contribution in [0, 0.1) is 11.6 Å². The second-order valence-corrected chi connectivity index (χ2v) is 4.27. The Bertz CT molecular complexity index is 454. The Morgan fingerprint density at radius 1 is 1.28 bits per heavy atom. The van der Waals surface area contributed by atoms with E-state index < -0.39 is 17.2 Å². The number of ketones is 1. The number of benzene rings is 1. The van der Waals surface area contributed by atoms with Crippen LogP contribution in [0.1, 0.15) is 23.2 Å². The Labute approximate surface area is 104 Å². The Hall–Kier alpha value is -1.33. The van der Waals surface area contributed by atoms with E-state index in [1.807, 2.05) is 0 Å². The van der Waals surface area contributed by atoms with Crippen LogP contribution in [0.25, 0.3) is 0 Å². The first kappa shape index (κ1) is 13.1. The molecule has 0 aliphatic carbocycles. The van der Waals surface area contributed by atoms with Gasteiger partial charge in [0.1, 0.15) is 5.60 Å². The van der Waals surface area contributed by atoms with Gasteiger partial charge in [0, 0.05) is 38.7 Å². The number of Topliss-reactive ketones (excluding diaryl/α,β-unsaturated/α-hetero) is 1. The smallest absolute Gasteiger partial charge is 0.194 e. The first-order valence-electron chi connectivity index (χ1n) is 5.72. The van der Waals surface area contributed by atoms with Crippen molar-refractivity contribution in [3.8, 4) is 0 Å². The van der Waals surface area contributed by atoms with Crippen molar-refractivity contribution < 1.29 is 23.0 Å². The fourth-order valence-corrected chi connectivity index (χ4v) is 2.13. The van der Waals surface area contributed by atoms with E-state index in [2.05, 4.69) is 0 Å². The van der Waals surface area contributed by atoms with Gasteiger partial charge in [-0.15, -0.1) is 0 Å². The maximum atomic E-state index is 13.1. The standard InChI is InChI=1S/C13H14F2O3/c1-17-13(4-6-18-7-5-13)12(16)9-2-3-10(14)11(15)8-9/h2-3,8H,4-7H2,1H3. The molecule has 98 valence electrons. The van der Waals surface area contributed by atoms with Crippen molar-refractivity contribution in [2.45, 2.75) is 18.4 Å². The average Bonchev–Trinajstić information content (AvgIpc) is 2.42. The lowest BCUT2D eigenvalue weighted by atomic mass is 9.85. The Balaban J connectivity index is 2.30. The van der Waals surface area contributed by atoms with Crippen molar-refractivity contribution in [2.75, 3.05) is 20.3 Å². The number of ether oxygens (including phenoxy) is 2. The highest BCUT2D eigenvalue weighted by atomic mass is 19.2. The van der Waals surface area contributed by atoms with E-state index in [1.54, 1.807) is 0 Å². The van der Waals surface area contributed by atoms with Crippen LogP contribution in [-0.4, -0.2) is 31.7 Å². The molecule has 0 radical (unpaired) electrons. The normalized spacial score (nSPS) is 18.6. The predicted molar refractivity (Wildman–Crippen MR) is 60.5 cm³/mol. The zero-order valence-corrected chi connectivity index (χ0v) is 10.0. The summed E-state index contributed by atoms with van der Waals surface area (Å²) < 4.78 is 36.5. The minimum Gasteiger partial charge on any atom is -0.381 e. The van der Waals surface area contributed by atoms with E-state index in [-0.39, 0.29) is 11.3 Å². The maximum absolute atomic E-state index is 13.1. The number of rotatable bonds is 3. The van der Waals surface area contributed by atoms with Gasteiger partial charge < -0.3 is 9.47 Å². The highest BCUT2D eigenvalue weighted by molar-refractivity contribution is 6.02. The van der Waals surface area contributed by atoms with E-state index in [0.717, 1.165) is 12.1 Å². The van der Waals surface area contributed by atoms with Gasteiger partial charge in [0.05, 0.1) is 0 Å². The van der Waals surface area contributed by atoms with Crippen molar-refractivity contribution in [1.82, 2.24) is 0 Å². The summed E-state index contributed by atoms with van der Waals surface area (Å²) in [5.41, 5.74) is -0.861. The first-order chi connectivity index (χ1) is 8.59. The molecule has 0 atom stereocenters. The van der Waals surface area contributed by atoms with E-state index in [9.17, 15) is 13.6 Å². The molecule has 1 fully saturated rings. The summed E-state index contributed by atoms with van der Waals surface area (Å²) in [6.07, 6.45) is 0.836. The molecule has 2 rings (SSSR count). The van der Waals surface area contributed by atoms with Crippen LogP contribution >= 0.6 is 0 Å². The van der Waals surface area contributed by atoms with E-state index in [0.29, 0.717) is 26.1 Å². The molecule has 1 aliphatic heterocycles. The summed E-state index contributed by atoms with van der Waals surface area (Å²) in [6.45, 7) is 0.840. The second-order valence-electron chi connectivity index (χ2n) is 4.27. The molecule has 1 aromatic rings. The lowest BCUT2D eigenvalue weighted by Crippen LogP contribution is -2.45. The monoisotopic (exact) mass is 256 g/mol. The number of carbonyl (C=O) groups is 1. The molecule has 1 heterocycles. The van der Waals surface area contributed by atoms with Crippen LogP contribution in [0.5, 0.6) is 0 Å². The molecule has 0 N–H and O–H groups in total. The molecule has 5 heteroatoms. The molecule has 0 bridgehead atoms. The molecule has 0 unspecified atom stereocenters.